The smallest absolute Gasteiger partial charge is 0.205 e. The standard InChI is InChI=1S/C12H12F7NO2S/c1-10(2,3)20(19)23(21,22)9-5-7(11(13,14)15)4-8(6-9)12(16,17)18/h4-6H,1-3H3. The molecule has 0 aliphatic heterocycles. The van der Waals surface area contributed by atoms with E-state index in [1.165, 1.54) is 0 Å². The number of sulfonamides is 1. The first-order chi connectivity index (χ1) is 9.97. The zero-order valence-electron chi connectivity index (χ0n) is 12.0. The van der Waals surface area contributed by atoms with Crippen molar-refractivity contribution in [2.24, 2.45) is 0 Å². The first kappa shape index (κ1) is 19.7. The van der Waals surface area contributed by atoms with E-state index < -0.39 is 48.5 Å². The van der Waals surface area contributed by atoms with Crippen LogP contribution in [0.2, 0.25) is 0 Å². The Morgan fingerprint density at radius 3 is 1.43 bits per heavy atom. The summed E-state index contributed by atoms with van der Waals surface area (Å²) in [5, 5.41) is 0. The third-order valence-corrected chi connectivity index (χ3v) is 4.40. The fraction of sp³-hybridized carbons (Fsp3) is 0.500. The fourth-order valence-electron chi connectivity index (χ4n) is 1.53. The van der Waals surface area contributed by atoms with Crippen molar-refractivity contribution in [1.82, 2.24) is 4.53 Å². The summed E-state index contributed by atoms with van der Waals surface area (Å²) in [4.78, 5) is -1.43. The van der Waals surface area contributed by atoms with Crippen LogP contribution in [0.1, 0.15) is 31.9 Å². The lowest BCUT2D eigenvalue weighted by Crippen LogP contribution is -2.39. The summed E-state index contributed by atoms with van der Waals surface area (Å²) in [6.45, 7) is 3.26. The second-order valence-electron chi connectivity index (χ2n) is 5.63. The van der Waals surface area contributed by atoms with Crippen LogP contribution in [0.25, 0.3) is 0 Å². The molecule has 0 aliphatic carbocycles. The van der Waals surface area contributed by atoms with Crippen molar-refractivity contribution in [2.45, 2.75) is 43.6 Å². The Labute approximate surface area is 127 Å². The van der Waals surface area contributed by atoms with Gasteiger partial charge in [0, 0.05) is 0 Å². The molecule has 3 nitrogen and oxygen atoms in total. The van der Waals surface area contributed by atoms with Gasteiger partial charge in [-0.3, -0.25) is 0 Å². The van der Waals surface area contributed by atoms with Crippen LogP contribution in [0.15, 0.2) is 23.1 Å². The molecule has 0 aromatic heterocycles. The largest absolute Gasteiger partial charge is 0.416 e. The average molecular weight is 367 g/mol. The van der Waals surface area contributed by atoms with E-state index in [1.54, 1.807) is 0 Å². The van der Waals surface area contributed by atoms with Crippen molar-refractivity contribution in [3.63, 3.8) is 0 Å². The number of hydrogen-bond donors (Lipinski definition) is 0. The summed E-state index contributed by atoms with van der Waals surface area (Å²) in [5.41, 5.74) is -5.37. The van der Waals surface area contributed by atoms with Crippen molar-refractivity contribution in [3.05, 3.63) is 29.3 Å². The quantitative estimate of drug-likeness (QED) is 0.574. The third-order valence-electron chi connectivity index (χ3n) is 2.60. The summed E-state index contributed by atoms with van der Waals surface area (Å²) >= 11 is 0. The van der Waals surface area contributed by atoms with Crippen molar-refractivity contribution in [2.75, 3.05) is 0 Å². The van der Waals surface area contributed by atoms with Gasteiger partial charge in [-0.1, -0.05) is 0 Å². The van der Waals surface area contributed by atoms with Gasteiger partial charge in [0.1, 0.15) is 0 Å². The van der Waals surface area contributed by atoms with Gasteiger partial charge in [0.15, 0.2) is 0 Å². The van der Waals surface area contributed by atoms with Crippen molar-refractivity contribution < 1.29 is 39.2 Å². The lowest BCUT2D eigenvalue weighted by Gasteiger charge is -2.26. The lowest BCUT2D eigenvalue weighted by atomic mass is 10.1. The highest BCUT2D eigenvalue weighted by atomic mass is 32.2. The predicted octanol–water partition coefficient (Wildman–Crippen LogP) is 4.40. The molecule has 0 saturated carbocycles. The zero-order chi connectivity index (χ0) is 18.4. The Hall–Kier alpha value is -1.36. The summed E-state index contributed by atoms with van der Waals surface area (Å²) in [7, 11) is -5.20. The minimum Gasteiger partial charge on any atom is -0.205 e. The highest BCUT2D eigenvalue weighted by Crippen LogP contribution is 2.38. The van der Waals surface area contributed by atoms with Crippen LogP contribution in [0.5, 0.6) is 0 Å². The molecule has 0 heterocycles. The van der Waals surface area contributed by atoms with Gasteiger partial charge < -0.3 is 0 Å². The SMILES string of the molecule is CC(C)(C)N(F)S(=O)(=O)c1cc(C(F)(F)F)cc(C(F)(F)F)c1. The molecule has 11 heteroatoms. The van der Waals surface area contributed by atoms with Crippen LogP contribution in [0.4, 0.5) is 30.8 Å². The number of nitrogens with zero attached hydrogens (tertiary/aromatic N) is 1. The van der Waals surface area contributed by atoms with E-state index in [-0.39, 0.29) is 18.2 Å². The Balaban J connectivity index is 3.66. The van der Waals surface area contributed by atoms with E-state index in [0.717, 1.165) is 20.8 Å². The van der Waals surface area contributed by atoms with E-state index in [1.807, 2.05) is 0 Å². The molecule has 1 rings (SSSR count). The summed E-state index contributed by atoms with van der Waals surface area (Å²) in [5.74, 6) is 0. The molecule has 0 spiro atoms. The first-order valence-corrected chi connectivity index (χ1v) is 7.42. The number of hydrogen-bond acceptors (Lipinski definition) is 2. The first-order valence-electron chi connectivity index (χ1n) is 5.98. The molecule has 0 saturated heterocycles. The second-order valence-corrected chi connectivity index (χ2v) is 7.37. The van der Waals surface area contributed by atoms with E-state index in [4.69, 9.17) is 0 Å². The molecule has 0 aliphatic rings. The second kappa shape index (κ2) is 5.62. The maximum absolute atomic E-state index is 13.9. The van der Waals surface area contributed by atoms with E-state index in [2.05, 4.69) is 0 Å². The van der Waals surface area contributed by atoms with E-state index in [9.17, 15) is 39.2 Å². The average Bonchev–Trinajstić information content (AvgIpc) is 2.34. The van der Waals surface area contributed by atoms with Gasteiger partial charge in [-0.2, -0.15) is 26.3 Å². The van der Waals surface area contributed by atoms with E-state index in [0.29, 0.717) is 0 Å². The molecule has 0 bridgehead atoms. The monoisotopic (exact) mass is 367 g/mol. The molecule has 0 atom stereocenters. The van der Waals surface area contributed by atoms with Gasteiger partial charge in [0.05, 0.1) is 21.6 Å². The Kier molecular flexibility index (Phi) is 4.81. The van der Waals surface area contributed by atoms with Gasteiger partial charge >= 0.3 is 12.4 Å². The predicted molar refractivity (Wildman–Crippen MR) is 66.3 cm³/mol. The van der Waals surface area contributed by atoms with Crippen LogP contribution in [-0.4, -0.2) is 18.5 Å². The van der Waals surface area contributed by atoms with Crippen molar-refractivity contribution >= 4 is 10.0 Å². The topological polar surface area (TPSA) is 37.4 Å². The molecule has 132 valence electrons. The van der Waals surface area contributed by atoms with Crippen LogP contribution in [0.3, 0.4) is 0 Å². The molecular formula is C12H12F7NO2S. The number of alkyl halides is 6. The lowest BCUT2D eigenvalue weighted by molar-refractivity contribution is -0.143. The zero-order valence-corrected chi connectivity index (χ0v) is 12.9. The molecule has 23 heavy (non-hydrogen) atoms. The van der Waals surface area contributed by atoms with Gasteiger partial charge in [-0.15, -0.1) is 4.48 Å². The van der Waals surface area contributed by atoms with Crippen LogP contribution in [-0.2, 0) is 22.4 Å². The number of halogens is 7. The Bertz CT molecular complexity index is 655. The summed E-state index contributed by atoms with van der Waals surface area (Å²) in [6.07, 6.45) is -10.5. The Morgan fingerprint density at radius 2 is 1.17 bits per heavy atom. The van der Waals surface area contributed by atoms with Crippen molar-refractivity contribution in [1.29, 1.82) is 0 Å². The fourth-order valence-corrected chi connectivity index (χ4v) is 2.99. The molecule has 0 fully saturated rings. The summed E-state index contributed by atoms with van der Waals surface area (Å²) in [6, 6.07) is -0.315. The molecular weight excluding hydrogens is 355 g/mol. The highest BCUT2D eigenvalue weighted by molar-refractivity contribution is 7.89. The van der Waals surface area contributed by atoms with Gasteiger partial charge in [-0.05, 0) is 43.5 Å². The minimum atomic E-state index is -5.23. The van der Waals surface area contributed by atoms with Crippen LogP contribution >= 0.6 is 0 Å². The van der Waals surface area contributed by atoms with Crippen molar-refractivity contribution in [3.8, 4) is 0 Å². The third kappa shape index (κ3) is 4.34. The van der Waals surface area contributed by atoms with Gasteiger partial charge in [-0.25, -0.2) is 8.42 Å². The van der Waals surface area contributed by atoms with E-state index >= 15 is 0 Å². The molecule has 0 amide bonds. The number of benzene rings is 1. The maximum Gasteiger partial charge on any atom is 0.416 e. The number of rotatable bonds is 2. The Morgan fingerprint density at radius 1 is 0.826 bits per heavy atom. The maximum atomic E-state index is 13.9. The molecule has 1 aromatic rings. The summed E-state index contributed by atoms with van der Waals surface area (Å²) < 4.78 is 113. The van der Waals surface area contributed by atoms with Gasteiger partial charge in [0.2, 0.25) is 0 Å². The minimum absolute atomic E-state index is 0.0388. The molecule has 0 unspecified atom stereocenters. The van der Waals surface area contributed by atoms with Gasteiger partial charge in [0.25, 0.3) is 10.0 Å². The molecule has 0 radical (unpaired) electrons. The molecule has 1 aromatic carbocycles. The van der Waals surface area contributed by atoms with Crippen LogP contribution in [0, 0.1) is 0 Å². The highest BCUT2D eigenvalue weighted by Gasteiger charge is 2.41. The molecule has 0 N–H and O–H groups in total. The van der Waals surface area contributed by atoms with Crippen LogP contribution < -0.4 is 0 Å². The normalized spacial score (nSPS) is 14.4.